The van der Waals surface area contributed by atoms with Crippen molar-refractivity contribution in [1.82, 2.24) is 20.3 Å². The molecule has 0 aliphatic heterocycles. The van der Waals surface area contributed by atoms with Crippen molar-refractivity contribution in [2.45, 2.75) is 13.8 Å². The average molecular weight is 411 g/mol. The van der Waals surface area contributed by atoms with Gasteiger partial charge in [-0.25, -0.2) is 23.5 Å². The lowest BCUT2D eigenvalue weighted by atomic mass is 10.2. The fraction of sp³-hybridized carbons (Fsp3) is 0.150. The van der Waals surface area contributed by atoms with Crippen LogP contribution in [0.3, 0.4) is 0 Å². The van der Waals surface area contributed by atoms with Gasteiger partial charge in [-0.2, -0.15) is 0 Å². The number of aryl methyl sites for hydroxylation is 1. The molecule has 0 aliphatic rings. The number of carbonyl (C=O) groups excluding carboxylic acids is 1. The third kappa shape index (κ3) is 4.54. The molecule has 0 unspecified atom stereocenters. The maximum absolute atomic E-state index is 14.1. The molecule has 0 bridgehead atoms. The number of hydrogen-bond donors (Lipinski definition) is 4. The molecule has 0 saturated carbocycles. The standard InChI is InChI=1S/C20H19F2N7O/c1-3-24-20(30)28-17-15(6-7-25-16(17)9-23)27-18-11(2)10-26-19(29-18)13-8-12(21)4-5-14(13)22/h4-10,23H,3H2,1-2H3,(H2,24,28,30)(H,25,26,27,29). The summed E-state index contributed by atoms with van der Waals surface area (Å²) in [6.07, 6.45) is 3.95. The maximum atomic E-state index is 14.1. The highest BCUT2D eigenvalue weighted by Crippen LogP contribution is 2.29. The molecular weight excluding hydrogens is 392 g/mol. The fourth-order valence-electron chi connectivity index (χ4n) is 2.64. The molecule has 4 N–H and O–H groups in total. The van der Waals surface area contributed by atoms with Crippen molar-refractivity contribution in [2.75, 3.05) is 17.2 Å². The van der Waals surface area contributed by atoms with E-state index in [-0.39, 0.29) is 22.8 Å². The Morgan fingerprint density at radius 2 is 2.03 bits per heavy atom. The number of halogens is 2. The molecule has 8 nitrogen and oxygen atoms in total. The van der Waals surface area contributed by atoms with Gasteiger partial charge in [-0.3, -0.25) is 4.98 Å². The highest BCUT2D eigenvalue weighted by atomic mass is 19.1. The van der Waals surface area contributed by atoms with Gasteiger partial charge in [-0.15, -0.1) is 0 Å². The summed E-state index contributed by atoms with van der Waals surface area (Å²) in [6, 6.07) is 4.18. The summed E-state index contributed by atoms with van der Waals surface area (Å²) in [5.74, 6) is -0.938. The van der Waals surface area contributed by atoms with Crippen LogP contribution in [0.1, 0.15) is 18.2 Å². The van der Waals surface area contributed by atoms with Gasteiger partial charge in [0, 0.05) is 30.7 Å². The summed E-state index contributed by atoms with van der Waals surface area (Å²) in [5.41, 5.74) is 1.48. The van der Waals surface area contributed by atoms with Crippen LogP contribution in [-0.4, -0.2) is 33.7 Å². The van der Waals surface area contributed by atoms with E-state index in [1.165, 1.54) is 12.4 Å². The minimum absolute atomic E-state index is 0.000307. The molecule has 0 saturated heterocycles. The molecule has 0 atom stereocenters. The topological polar surface area (TPSA) is 116 Å². The summed E-state index contributed by atoms with van der Waals surface area (Å²) in [5, 5.41) is 15.9. The molecule has 1 aromatic carbocycles. The number of nitrogens with zero attached hydrogens (tertiary/aromatic N) is 3. The van der Waals surface area contributed by atoms with E-state index in [9.17, 15) is 13.6 Å². The van der Waals surface area contributed by atoms with Gasteiger partial charge in [0.1, 0.15) is 23.1 Å². The monoisotopic (exact) mass is 411 g/mol. The Balaban J connectivity index is 2.01. The van der Waals surface area contributed by atoms with E-state index >= 15 is 0 Å². The van der Waals surface area contributed by atoms with Crippen molar-refractivity contribution in [3.63, 3.8) is 0 Å². The number of urea groups is 1. The minimum atomic E-state index is -0.653. The number of hydrogen-bond acceptors (Lipinski definition) is 6. The molecule has 30 heavy (non-hydrogen) atoms. The van der Waals surface area contributed by atoms with E-state index in [2.05, 4.69) is 30.9 Å². The molecule has 0 radical (unpaired) electrons. The quantitative estimate of drug-likeness (QED) is 0.458. The SMILES string of the molecule is CCNC(=O)Nc1c(Nc2nc(-c3cc(F)ccc3F)ncc2C)ccnc1C=N. The van der Waals surface area contributed by atoms with Crippen LogP contribution in [0.15, 0.2) is 36.7 Å². The first-order valence-electron chi connectivity index (χ1n) is 9.03. The van der Waals surface area contributed by atoms with Crippen LogP contribution in [0.2, 0.25) is 0 Å². The second kappa shape index (κ2) is 9.03. The molecule has 3 rings (SSSR count). The van der Waals surface area contributed by atoms with Gasteiger partial charge >= 0.3 is 6.03 Å². The Kier molecular flexibility index (Phi) is 6.26. The third-order valence-electron chi connectivity index (χ3n) is 4.09. The van der Waals surface area contributed by atoms with Crippen LogP contribution in [-0.2, 0) is 0 Å². The van der Waals surface area contributed by atoms with Crippen LogP contribution in [0.25, 0.3) is 11.4 Å². The molecule has 2 amide bonds. The summed E-state index contributed by atoms with van der Waals surface area (Å²) in [6.45, 7) is 3.93. The van der Waals surface area contributed by atoms with Crippen molar-refractivity contribution in [1.29, 1.82) is 5.41 Å². The number of anilines is 3. The normalized spacial score (nSPS) is 10.4. The number of rotatable bonds is 6. The van der Waals surface area contributed by atoms with Crippen LogP contribution in [0.4, 0.5) is 30.8 Å². The summed E-state index contributed by atoms with van der Waals surface area (Å²) in [7, 11) is 0. The molecule has 3 aromatic rings. The lowest BCUT2D eigenvalue weighted by Gasteiger charge is -2.16. The number of benzene rings is 1. The molecule has 0 fully saturated rings. The maximum Gasteiger partial charge on any atom is 0.319 e. The molecule has 2 heterocycles. The molecule has 0 aliphatic carbocycles. The second-order valence-electron chi connectivity index (χ2n) is 6.22. The van der Waals surface area contributed by atoms with Crippen molar-refractivity contribution in [2.24, 2.45) is 0 Å². The zero-order valence-electron chi connectivity index (χ0n) is 16.3. The third-order valence-corrected chi connectivity index (χ3v) is 4.09. The Hall–Kier alpha value is -3.95. The zero-order chi connectivity index (χ0) is 21.7. The Morgan fingerprint density at radius 3 is 2.77 bits per heavy atom. The largest absolute Gasteiger partial charge is 0.338 e. The van der Waals surface area contributed by atoms with Gasteiger partial charge in [-0.1, -0.05) is 0 Å². The molecule has 10 heteroatoms. The van der Waals surface area contributed by atoms with Crippen LogP contribution >= 0.6 is 0 Å². The number of aromatic nitrogens is 3. The van der Waals surface area contributed by atoms with Gasteiger partial charge in [0.25, 0.3) is 0 Å². The van der Waals surface area contributed by atoms with Crippen molar-refractivity contribution in [3.8, 4) is 11.4 Å². The Labute approximate surface area is 171 Å². The van der Waals surface area contributed by atoms with Gasteiger partial charge in [-0.05, 0) is 38.1 Å². The molecule has 2 aromatic heterocycles. The summed E-state index contributed by atoms with van der Waals surface area (Å²) < 4.78 is 27.7. The highest BCUT2D eigenvalue weighted by Gasteiger charge is 2.15. The van der Waals surface area contributed by atoms with Crippen LogP contribution < -0.4 is 16.0 Å². The summed E-state index contributed by atoms with van der Waals surface area (Å²) in [4.78, 5) is 24.5. The smallest absolute Gasteiger partial charge is 0.319 e. The zero-order valence-corrected chi connectivity index (χ0v) is 16.3. The van der Waals surface area contributed by atoms with E-state index < -0.39 is 17.7 Å². The minimum Gasteiger partial charge on any atom is -0.338 e. The first-order chi connectivity index (χ1) is 14.4. The number of nitrogens with one attached hydrogen (secondary N) is 4. The first-order valence-corrected chi connectivity index (χ1v) is 9.03. The number of amides is 2. The number of pyridine rings is 1. The highest BCUT2D eigenvalue weighted by molar-refractivity contribution is 6.00. The van der Waals surface area contributed by atoms with Crippen LogP contribution in [0, 0.1) is 24.0 Å². The van der Waals surface area contributed by atoms with Gasteiger partial charge in [0.05, 0.1) is 16.9 Å². The Morgan fingerprint density at radius 1 is 1.23 bits per heavy atom. The lowest BCUT2D eigenvalue weighted by molar-refractivity contribution is 0.252. The van der Waals surface area contributed by atoms with Crippen molar-refractivity contribution < 1.29 is 13.6 Å². The molecule has 154 valence electrons. The van der Waals surface area contributed by atoms with Gasteiger partial charge in [0.15, 0.2) is 5.82 Å². The van der Waals surface area contributed by atoms with E-state index in [4.69, 9.17) is 5.41 Å². The second-order valence-corrected chi connectivity index (χ2v) is 6.22. The summed E-state index contributed by atoms with van der Waals surface area (Å²) >= 11 is 0. The van der Waals surface area contributed by atoms with Crippen LogP contribution in [0.5, 0.6) is 0 Å². The first kappa shape index (κ1) is 20.8. The number of carbonyl (C=O) groups is 1. The van der Waals surface area contributed by atoms with Gasteiger partial charge in [0.2, 0.25) is 0 Å². The van der Waals surface area contributed by atoms with E-state index in [0.717, 1.165) is 24.4 Å². The Bertz CT molecular complexity index is 1100. The lowest BCUT2D eigenvalue weighted by Crippen LogP contribution is -2.29. The molecular formula is C20H19F2N7O. The predicted molar refractivity (Wildman–Crippen MR) is 110 cm³/mol. The van der Waals surface area contributed by atoms with Gasteiger partial charge < -0.3 is 21.4 Å². The average Bonchev–Trinajstić information content (AvgIpc) is 2.73. The predicted octanol–water partition coefficient (Wildman–Crippen LogP) is 4.01. The van der Waals surface area contributed by atoms with Crippen molar-refractivity contribution >= 4 is 29.4 Å². The fourth-order valence-corrected chi connectivity index (χ4v) is 2.64. The molecule has 0 spiro atoms. The van der Waals surface area contributed by atoms with E-state index in [1.54, 1.807) is 19.9 Å². The van der Waals surface area contributed by atoms with Crippen molar-refractivity contribution in [3.05, 3.63) is 59.6 Å². The van der Waals surface area contributed by atoms with E-state index in [1.807, 2.05) is 0 Å². The van der Waals surface area contributed by atoms with E-state index in [0.29, 0.717) is 23.6 Å².